The standard InChI is InChI=1S/C17H22N4O2S/c1-19-17(20-11-10-14-6-3-2-4-7-14)21-13-15-8-5-9-16(12-15)24(18,22)23/h2-9,12H,10-11,13H2,1H3,(H2,18,22,23)(H2,19,20,21). The molecule has 0 aliphatic carbocycles. The van der Waals surface area contributed by atoms with Crippen LogP contribution in [-0.2, 0) is 23.0 Å². The second kappa shape index (κ2) is 8.47. The fraction of sp³-hybridized carbons (Fsp3) is 0.235. The van der Waals surface area contributed by atoms with E-state index in [9.17, 15) is 8.42 Å². The van der Waals surface area contributed by atoms with Crippen molar-refractivity contribution >= 4 is 16.0 Å². The van der Waals surface area contributed by atoms with Crippen LogP contribution in [0.25, 0.3) is 0 Å². The molecule has 0 heterocycles. The molecule has 128 valence electrons. The van der Waals surface area contributed by atoms with Crippen LogP contribution in [0.5, 0.6) is 0 Å². The maximum Gasteiger partial charge on any atom is 0.238 e. The number of sulfonamides is 1. The van der Waals surface area contributed by atoms with E-state index >= 15 is 0 Å². The van der Waals surface area contributed by atoms with Crippen LogP contribution in [0.15, 0.2) is 64.5 Å². The lowest BCUT2D eigenvalue weighted by molar-refractivity contribution is 0.597. The van der Waals surface area contributed by atoms with Crippen LogP contribution in [0.1, 0.15) is 11.1 Å². The van der Waals surface area contributed by atoms with Gasteiger partial charge >= 0.3 is 0 Å². The third-order valence-electron chi connectivity index (χ3n) is 3.46. The molecule has 0 saturated heterocycles. The lowest BCUT2D eigenvalue weighted by Gasteiger charge is -2.12. The highest BCUT2D eigenvalue weighted by atomic mass is 32.2. The summed E-state index contributed by atoms with van der Waals surface area (Å²) in [5, 5.41) is 11.5. The van der Waals surface area contributed by atoms with Crippen LogP contribution < -0.4 is 15.8 Å². The SMILES string of the molecule is CN=C(NCCc1ccccc1)NCc1cccc(S(N)(=O)=O)c1. The number of benzene rings is 2. The Morgan fingerprint density at radius 1 is 1.04 bits per heavy atom. The molecule has 0 bridgehead atoms. The summed E-state index contributed by atoms with van der Waals surface area (Å²) < 4.78 is 22.8. The first-order valence-electron chi connectivity index (χ1n) is 7.59. The predicted molar refractivity (Wildman–Crippen MR) is 96.2 cm³/mol. The van der Waals surface area contributed by atoms with Gasteiger partial charge in [-0.1, -0.05) is 42.5 Å². The average Bonchev–Trinajstić information content (AvgIpc) is 2.58. The van der Waals surface area contributed by atoms with Crippen LogP contribution in [0.4, 0.5) is 0 Å². The van der Waals surface area contributed by atoms with Crippen molar-refractivity contribution < 1.29 is 8.42 Å². The number of nitrogens with one attached hydrogen (secondary N) is 2. The molecule has 0 radical (unpaired) electrons. The number of hydrogen-bond acceptors (Lipinski definition) is 3. The van der Waals surface area contributed by atoms with Crippen molar-refractivity contribution in [2.75, 3.05) is 13.6 Å². The van der Waals surface area contributed by atoms with Gasteiger partial charge in [0.25, 0.3) is 0 Å². The summed E-state index contributed by atoms with van der Waals surface area (Å²) in [5.74, 6) is 0.659. The third kappa shape index (κ3) is 5.68. The van der Waals surface area contributed by atoms with Crippen LogP contribution >= 0.6 is 0 Å². The monoisotopic (exact) mass is 346 g/mol. The molecule has 0 atom stereocenters. The fourth-order valence-corrected chi connectivity index (χ4v) is 2.79. The minimum Gasteiger partial charge on any atom is -0.356 e. The molecule has 6 nitrogen and oxygen atoms in total. The number of aliphatic imine (C=N–C) groups is 1. The Morgan fingerprint density at radius 3 is 2.42 bits per heavy atom. The summed E-state index contributed by atoms with van der Waals surface area (Å²) in [7, 11) is -1.99. The molecule has 24 heavy (non-hydrogen) atoms. The zero-order valence-electron chi connectivity index (χ0n) is 13.6. The molecule has 0 spiro atoms. The molecule has 2 aromatic rings. The Morgan fingerprint density at radius 2 is 1.75 bits per heavy atom. The molecule has 4 N–H and O–H groups in total. The minimum absolute atomic E-state index is 0.105. The Hall–Kier alpha value is -2.38. The van der Waals surface area contributed by atoms with Gasteiger partial charge in [-0.15, -0.1) is 0 Å². The molecule has 0 aliphatic heterocycles. The van der Waals surface area contributed by atoms with Gasteiger partial charge < -0.3 is 10.6 Å². The lowest BCUT2D eigenvalue weighted by Crippen LogP contribution is -2.37. The minimum atomic E-state index is -3.69. The third-order valence-corrected chi connectivity index (χ3v) is 4.37. The van der Waals surface area contributed by atoms with Crippen molar-refractivity contribution in [3.05, 3.63) is 65.7 Å². The van der Waals surface area contributed by atoms with Crippen LogP contribution in [-0.4, -0.2) is 28.0 Å². The largest absolute Gasteiger partial charge is 0.356 e. The van der Waals surface area contributed by atoms with Gasteiger partial charge in [0.1, 0.15) is 0 Å². The van der Waals surface area contributed by atoms with E-state index in [0.29, 0.717) is 12.5 Å². The summed E-state index contributed by atoms with van der Waals surface area (Å²) in [6, 6.07) is 16.7. The zero-order valence-corrected chi connectivity index (χ0v) is 14.4. The number of nitrogens with zero attached hydrogens (tertiary/aromatic N) is 1. The molecule has 2 rings (SSSR count). The summed E-state index contributed by atoms with van der Waals surface area (Å²) >= 11 is 0. The van der Waals surface area contributed by atoms with Gasteiger partial charge in [0.05, 0.1) is 4.90 Å². The molecule has 0 unspecified atom stereocenters. The molecule has 0 fully saturated rings. The van der Waals surface area contributed by atoms with Gasteiger partial charge in [0.15, 0.2) is 5.96 Å². The number of nitrogens with two attached hydrogens (primary N) is 1. The second-order valence-corrected chi connectivity index (χ2v) is 6.84. The van der Waals surface area contributed by atoms with Crippen molar-refractivity contribution in [3.8, 4) is 0 Å². The molecular weight excluding hydrogens is 324 g/mol. The summed E-state index contributed by atoms with van der Waals surface area (Å²) in [4.78, 5) is 4.26. The lowest BCUT2D eigenvalue weighted by atomic mass is 10.1. The topological polar surface area (TPSA) is 96.6 Å². The van der Waals surface area contributed by atoms with Crippen molar-refractivity contribution in [1.82, 2.24) is 10.6 Å². The van der Waals surface area contributed by atoms with Crippen molar-refractivity contribution in [2.24, 2.45) is 10.1 Å². The molecule has 0 aliphatic rings. The van der Waals surface area contributed by atoms with Crippen LogP contribution in [0.3, 0.4) is 0 Å². The first-order valence-corrected chi connectivity index (χ1v) is 9.14. The Balaban J connectivity index is 1.85. The Kier molecular flexibility index (Phi) is 6.34. The van der Waals surface area contributed by atoms with E-state index in [-0.39, 0.29) is 4.90 Å². The summed E-state index contributed by atoms with van der Waals surface area (Å²) in [6.07, 6.45) is 0.891. The van der Waals surface area contributed by atoms with E-state index in [0.717, 1.165) is 18.5 Å². The average molecular weight is 346 g/mol. The predicted octanol–water partition coefficient (Wildman–Crippen LogP) is 1.24. The maximum absolute atomic E-state index is 11.4. The van der Waals surface area contributed by atoms with E-state index in [4.69, 9.17) is 5.14 Å². The highest BCUT2D eigenvalue weighted by Crippen LogP contribution is 2.09. The first kappa shape index (κ1) is 18.0. The van der Waals surface area contributed by atoms with E-state index < -0.39 is 10.0 Å². The van der Waals surface area contributed by atoms with E-state index in [1.807, 2.05) is 24.3 Å². The summed E-state index contributed by atoms with van der Waals surface area (Å²) in [6.45, 7) is 1.20. The highest BCUT2D eigenvalue weighted by molar-refractivity contribution is 7.89. The molecular formula is C17H22N4O2S. The zero-order chi connectivity index (χ0) is 17.4. The van der Waals surface area contributed by atoms with Crippen molar-refractivity contribution in [1.29, 1.82) is 0 Å². The second-order valence-electron chi connectivity index (χ2n) is 5.28. The molecule has 0 amide bonds. The number of hydrogen-bond donors (Lipinski definition) is 3. The molecule has 0 saturated carbocycles. The number of guanidine groups is 1. The van der Waals surface area contributed by atoms with Gasteiger partial charge in [-0.3, -0.25) is 4.99 Å². The van der Waals surface area contributed by atoms with E-state index in [2.05, 4.69) is 27.8 Å². The van der Waals surface area contributed by atoms with Crippen molar-refractivity contribution in [3.63, 3.8) is 0 Å². The van der Waals surface area contributed by atoms with Crippen molar-refractivity contribution in [2.45, 2.75) is 17.9 Å². The van der Waals surface area contributed by atoms with E-state index in [1.165, 1.54) is 11.6 Å². The molecule has 7 heteroatoms. The number of primary sulfonamides is 1. The van der Waals surface area contributed by atoms with Crippen LogP contribution in [0.2, 0.25) is 0 Å². The number of rotatable bonds is 6. The van der Waals surface area contributed by atoms with Gasteiger partial charge in [-0.25, -0.2) is 13.6 Å². The normalized spacial score (nSPS) is 12.0. The van der Waals surface area contributed by atoms with Gasteiger partial charge in [-0.05, 0) is 29.7 Å². The van der Waals surface area contributed by atoms with Crippen LogP contribution in [0, 0.1) is 0 Å². The molecule has 0 aromatic heterocycles. The van der Waals surface area contributed by atoms with Gasteiger partial charge in [-0.2, -0.15) is 0 Å². The quantitative estimate of drug-likeness (QED) is 0.542. The molecule has 2 aromatic carbocycles. The smallest absolute Gasteiger partial charge is 0.238 e. The Labute approximate surface area is 142 Å². The Bertz CT molecular complexity index is 789. The highest BCUT2D eigenvalue weighted by Gasteiger charge is 2.08. The van der Waals surface area contributed by atoms with Gasteiger partial charge in [0.2, 0.25) is 10.0 Å². The first-order chi connectivity index (χ1) is 11.5. The van der Waals surface area contributed by atoms with Gasteiger partial charge in [0, 0.05) is 20.1 Å². The maximum atomic E-state index is 11.4. The fourth-order valence-electron chi connectivity index (χ4n) is 2.21. The van der Waals surface area contributed by atoms with E-state index in [1.54, 1.807) is 19.2 Å². The summed E-state index contributed by atoms with van der Waals surface area (Å²) in [5.41, 5.74) is 2.06.